The Morgan fingerprint density at radius 3 is 2.68 bits per heavy atom. The van der Waals surface area contributed by atoms with Gasteiger partial charge in [-0.3, -0.25) is 14.6 Å². The summed E-state index contributed by atoms with van der Waals surface area (Å²) in [5, 5.41) is 2.53. The van der Waals surface area contributed by atoms with Crippen molar-refractivity contribution in [3.05, 3.63) is 56.9 Å². The number of benzene rings is 1. The summed E-state index contributed by atoms with van der Waals surface area (Å²) in [5.74, 6) is -0.168. The molecule has 2 rings (SSSR count). The van der Waals surface area contributed by atoms with Gasteiger partial charge >= 0.3 is 5.69 Å². The fourth-order valence-corrected chi connectivity index (χ4v) is 1.52. The third kappa shape index (κ3) is 2.71. The number of para-hydroxylation sites is 2. The highest BCUT2D eigenvalue weighted by atomic mass is 16.5. The summed E-state index contributed by atoms with van der Waals surface area (Å²) in [7, 11) is 1.47. The number of ether oxygens (including phenoxy) is 1. The van der Waals surface area contributed by atoms with E-state index in [0.717, 1.165) is 6.20 Å². The number of aromatic nitrogens is 2. The van der Waals surface area contributed by atoms with E-state index in [2.05, 4.69) is 10.3 Å². The van der Waals surface area contributed by atoms with E-state index in [0.29, 0.717) is 11.4 Å². The number of anilines is 1. The zero-order chi connectivity index (χ0) is 13.8. The zero-order valence-electron chi connectivity index (χ0n) is 10.0. The third-order valence-corrected chi connectivity index (χ3v) is 2.42. The molecule has 7 heteroatoms. The fraction of sp³-hybridized carbons (Fsp3) is 0.0833. The Morgan fingerprint density at radius 1 is 1.26 bits per heavy atom. The average molecular weight is 261 g/mol. The van der Waals surface area contributed by atoms with E-state index in [4.69, 9.17) is 4.74 Å². The number of aromatic amines is 2. The topological polar surface area (TPSA) is 104 Å². The van der Waals surface area contributed by atoms with Crippen LogP contribution >= 0.6 is 0 Å². The van der Waals surface area contributed by atoms with Crippen molar-refractivity contribution in [2.24, 2.45) is 0 Å². The molecule has 0 radical (unpaired) electrons. The number of H-pyrrole nitrogens is 2. The van der Waals surface area contributed by atoms with Gasteiger partial charge in [-0.2, -0.15) is 0 Å². The van der Waals surface area contributed by atoms with Crippen molar-refractivity contribution in [2.75, 3.05) is 12.4 Å². The highest BCUT2D eigenvalue weighted by Gasteiger charge is 2.13. The van der Waals surface area contributed by atoms with Crippen LogP contribution < -0.4 is 21.3 Å². The maximum atomic E-state index is 11.9. The van der Waals surface area contributed by atoms with Crippen molar-refractivity contribution in [3.63, 3.8) is 0 Å². The van der Waals surface area contributed by atoms with Gasteiger partial charge in [-0.05, 0) is 12.1 Å². The number of rotatable bonds is 3. The molecule has 0 aliphatic heterocycles. The predicted molar refractivity (Wildman–Crippen MR) is 68.6 cm³/mol. The molecular weight excluding hydrogens is 250 g/mol. The number of methoxy groups -OCH3 is 1. The highest BCUT2D eigenvalue weighted by molar-refractivity contribution is 6.04. The van der Waals surface area contributed by atoms with Crippen LogP contribution in [0.4, 0.5) is 5.69 Å². The molecule has 1 aromatic carbocycles. The lowest BCUT2D eigenvalue weighted by Gasteiger charge is -2.08. The van der Waals surface area contributed by atoms with Gasteiger partial charge in [-0.1, -0.05) is 12.1 Å². The number of nitrogens with one attached hydrogen (secondary N) is 3. The van der Waals surface area contributed by atoms with Crippen LogP contribution in [0.3, 0.4) is 0 Å². The van der Waals surface area contributed by atoms with Crippen molar-refractivity contribution in [1.29, 1.82) is 0 Å². The standard InChI is InChI=1S/C12H11N3O4/c1-19-9-5-3-2-4-8(9)14-10(16)7-6-13-12(18)15-11(7)17/h2-6H,1H3,(H,14,16)(H2,13,15,17,18). The summed E-state index contributed by atoms with van der Waals surface area (Å²) >= 11 is 0. The normalized spacial score (nSPS) is 9.95. The van der Waals surface area contributed by atoms with E-state index in [-0.39, 0.29) is 5.56 Å². The van der Waals surface area contributed by atoms with Crippen molar-refractivity contribution in [1.82, 2.24) is 9.97 Å². The van der Waals surface area contributed by atoms with Crippen LogP contribution in [0.1, 0.15) is 10.4 Å². The molecule has 0 bridgehead atoms. The van der Waals surface area contributed by atoms with Gasteiger partial charge in [0, 0.05) is 6.20 Å². The molecule has 3 N–H and O–H groups in total. The molecule has 2 aromatic rings. The fourth-order valence-electron chi connectivity index (χ4n) is 1.52. The van der Waals surface area contributed by atoms with Crippen molar-refractivity contribution in [3.8, 4) is 5.75 Å². The molecule has 0 saturated heterocycles. The van der Waals surface area contributed by atoms with Crippen LogP contribution in [-0.4, -0.2) is 23.0 Å². The largest absolute Gasteiger partial charge is 0.495 e. The molecule has 0 spiro atoms. The summed E-state index contributed by atoms with van der Waals surface area (Å²) in [4.78, 5) is 38.4. The Bertz CT molecular complexity index is 717. The van der Waals surface area contributed by atoms with Gasteiger partial charge in [0.25, 0.3) is 11.5 Å². The average Bonchev–Trinajstić information content (AvgIpc) is 2.39. The van der Waals surface area contributed by atoms with E-state index >= 15 is 0 Å². The molecule has 1 aromatic heterocycles. The molecule has 7 nitrogen and oxygen atoms in total. The van der Waals surface area contributed by atoms with E-state index in [1.807, 2.05) is 4.98 Å². The van der Waals surface area contributed by atoms with Crippen molar-refractivity contribution < 1.29 is 9.53 Å². The van der Waals surface area contributed by atoms with Gasteiger partial charge in [0.05, 0.1) is 12.8 Å². The van der Waals surface area contributed by atoms with E-state index in [1.165, 1.54) is 7.11 Å². The Balaban J connectivity index is 2.31. The number of carbonyl (C=O) groups excluding carboxylic acids is 1. The van der Waals surface area contributed by atoms with Crippen LogP contribution in [0.25, 0.3) is 0 Å². The molecule has 0 unspecified atom stereocenters. The second-order valence-corrected chi connectivity index (χ2v) is 3.64. The van der Waals surface area contributed by atoms with Crippen molar-refractivity contribution in [2.45, 2.75) is 0 Å². The minimum absolute atomic E-state index is 0.189. The van der Waals surface area contributed by atoms with Crippen LogP contribution in [-0.2, 0) is 0 Å². The Kier molecular flexibility index (Phi) is 3.46. The summed E-state index contributed by atoms with van der Waals surface area (Å²) in [5.41, 5.74) is -1.18. The maximum absolute atomic E-state index is 11.9. The molecule has 0 aliphatic rings. The Hall–Kier alpha value is -2.83. The smallest absolute Gasteiger partial charge is 0.325 e. The van der Waals surface area contributed by atoms with Crippen LogP contribution in [0.2, 0.25) is 0 Å². The molecule has 0 saturated carbocycles. The number of hydrogen-bond donors (Lipinski definition) is 3. The minimum atomic E-state index is -0.754. The summed E-state index contributed by atoms with van der Waals surface area (Å²) in [6, 6.07) is 6.78. The van der Waals surface area contributed by atoms with Crippen LogP contribution in [0.5, 0.6) is 5.75 Å². The van der Waals surface area contributed by atoms with Gasteiger partial charge in [0.15, 0.2) is 0 Å². The monoisotopic (exact) mass is 261 g/mol. The second-order valence-electron chi connectivity index (χ2n) is 3.64. The first-order chi connectivity index (χ1) is 9.11. The lowest BCUT2D eigenvalue weighted by Crippen LogP contribution is -2.29. The molecule has 98 valence electrons. The number of carbonyl (C=O) groups is 1. The first-order valence-electron chi connectivity index (χ1n) is 5.38. The highest BCUT2D eigenvalue weighted by Crippen LogP contribution is 2.23. The van der Waals surface area contributed by atoms with E-state index < -0.39 is 17.2 Å². The number of amides is 1. The van der Waals surface area contributed by atoms with Crippen LogP contribution in [0.15, 0.2) is 40.1 Å². The summed E-state index contributed by atoms with van der Waals surface area (Å²) < 4.78 is 5.07. The summed E-state index contributed by atoms with van der Waals surface area (Å²) in [6.07, 6.45) is 1.06. The molecule has 1 amide bonds. The van der Waals surface area contributed by atoms with Gasteiger partial charge in [0.2, 0.25) is 0 Å². The van der Waals surface area contributed by atoms with E-state index in [1.54, 1.807) is 24.3 Å². The first-order valence-corrected chi connectivity index (χ1v) is 5.38. The SMILES string of the molecule is COc1ccccc1NC(=O)c1c[nH]c(=O)[nH]c1=O. The first kappa shape index (κ1) is 12.6. The molecule has 0 atom stereocenters. The zero-order valence-corrected chi connectivity index (χ0v) is 10.0. The quantitative estimate of drug-likeness (QED) is 0.740. The molecule has 0 aliphatic carbocycles. The lowest BCUT2D eigenvalue weighted by molar-refractivity contribution is 0.102. The summed E-state index contributed by atoms with van der Waals surface area (Å²) in [6.45, 7) is 0. The lowest BCUT2D eigenvalue weighted by atomic mass is 10.2. The van der Waals surface area contributed by atoms with E-state index in [9.17, 15) is 14.4 Å². The Morgan fingerprint density at radius 2 is 2.00 bits per heavy atom. The molecule has 1 heterocycles. The van der Waals surface area contributed by atoms with Gasteiger partial charge in [-0.15, -0.1) is 0 Å². The molecule has 19 heavy (non-hydrogen) atoms. The maximum Gasteiger partial charge on any atom is 0.325 e. The third-order valence-electron chi connectivity index (χ3n) is 2.42. The predicted octanol–water partition coefficient (Wildman–Crippen LogP) is 0.324. The van der Waals surface area contributed by atoms with Crippen molar-refractivity contribution >= 4 is 11.6 Å². The van der Waals surface area contributed by atoms with Gasteiger partial charge < -0.3 is 15.0 Å². The van der Waals surface area contributed by atoms with Gasteiger partial charge in [0.1, 0.15) is 11.3 Å². The van der Waals surface area contributed by atoms with Gasteiger partial charge in [-0.25, -0.2) is 4.79 Å². The Labute approximate surface area is 107 Å². The molecular formula is C12H11N3O4. The minimum Gasteiger partial charge on any atom is -0.495 e. The van der Waals surface area contributed by atoms with Crippen LogP contribution in [0, 0.1) is 0 Å². The number of hydrogen-bond acceptors (Lipinski definition) is 4. The molecule has 0 fully saturated rings. The second kappa shape index (κ2) is 5.21.